The summed E-state index contributed by atoms with van der Waals surface area (Å²) in [6, 6.07) is 14.9. The van der Waals surface area contributed by atoms with Crippen LogP contribution in [0.2, 0.25) is 0 Å². The first-order valence-corrected chi connectivity index (χ1v) is 11.2. The van der Waals surface area contributed by atoms with Gasteiger partial charge in [-0.2, -0.15) is 0 Å². The number of alkyl halides is 1. The Morgan fingerprint density at radius 1 is 1.15 bits per heavy atom. The van der Waals surface area contributed by atoms with Crippen molar-refractivity contribution in [1.29, 1.82) is 0 Å². The molecule has 8 heteroatoms. The van der Waals surface area contributed by atoms with Gasteiger partial charge in [-0.25, -0.2) is 4.39 Å². The smallest absolute Gasteiger partial charge is 0.254 e. The number of primary amides is 1. The molecule has 2 rings (SSSR count). The van der Waals surface area contributed by atoms with Crippen LogP contribution in [0.1, 0.15) is 37.3 Å². The molecule has 7 nitrogen and oxygen atoms in total. The van der Waals surface area contributed by atoms with Gasteiger partial charge in [-0.15, -0.1) is 0 Å². The molecule has 0 spiro atoms. The van der Waals surface area contributed by atoms with Gasteiger partial charge in [0, 0.05) is 18.0 Å². The molecular formula is C26H34FN2O5. The van der Waals surface area contributed by atoms with E-state index >= 15 is 0 Å². The van der Waals surface area contributed by atoms with Crippen LogP contribution < -0.4 is 20.5 Å². The Labute approximate surface area is 200 Å². The molecule has 4 N–H and O–H groups in total. The van der Waals surface area contributed by atoms with Gasteiger partial charge < -0.3 is 25.6 Å². The monoisotopic (exact) mass is 473 g/mol. The molecule has 0 fully saturated rings. The molecule has 3 atom stereocenters. The van der Waals surface area contributed by atoms with E-state index in [1.165, 1.54) is 14.2 Å². The minimum absolute atomic E-state index is 0.0489. The maximum absolute atomic E-state index is 14.5. The highest BCUT2D eigenvalue weighted by Gasteiger charge is 2.33. The number of methoxy groups -OCH3 is 2. The van der Waals surface area contributed by atoms with Gasteiger partial charge in [0.2, 0.25) is 5.91 Å². The summed E-state index contributed by atoms with van der Waals surface area (Å²) in [5.41, 5.74) is 4.63. The quantitative estimate of drug-likeness (QED) is 0.390. The van der Waals surface area contributed by atoms with Gasteiger partial charge in [0.15, 0.2) is 17.2 Å². The zero-order chi connectivity index (χ0) is 25.1. The summed E-state index contributed by atoms with van der Waals surface area (Å²) in [5, 5.41) is 13.4. The number of benzene rings is 2. The summed E-state index contributed by atoms with van der Waals surface area (Å²) in [5.74, 6) is -1.14. The maximum atomic E-state index is 14.5. The van der Waals surface area contributed by atoms with Gasteiger partial charge in [-0.1, -0.05) is 42.5 Å². The second-order valence-electron chi connectivity index (χ2n) is 8.40. The topological polar surface area (TPSA) is 111 Å². The SMILES string of the molecule is COc1cccc(CNC(=O)[C@H](CCC(C)(F)C(N)=O)C[C@@H](O)[CH]Cc2ccccc2)c1OC. The van der Waals surface area contributed by atoms with Crippen LogP contribution in [-0.2, 0) is 22.6 Å². The summed E-state index contributed by atoms with van der Waals surface area (Å²) in [4.78, 5) is 24.4. The molecule has 1 radical (unpaired) electrons. The predicted molar refractivity (Wildman–Crippen MR) is 128 cm³/mol. The van der Waals surface area contributed by atoms with E-state index in [4.69, 9.17) is 15.2 Å². The highest BCUT2D eigenvalue weighted by molar-refractivity contribution is 5.83. The lowest BCUT2D eigenvalue weighted by atomic mass is 9.88. The van der Waals surface area contributed by atoms with Crippen molar-refractivity contribution in [3.05, 3.63) is 66.1 Å². The second kappa shape index (κ2) is 12.9. The lowest BCUT2D eigenvalue weighted by Crippen LogP contribution is -2.39. The van der Waals surface area contributed by atoms with Crippen molar-refractivity contribution in [2.75, 3.05) is 14.2 Å². The number of nitrogens with two attached hydrogens (primary N) is 1. The van der Waals surface area contributed by atoms with Crippen molar-refractivity contribution in [1.82, 2.24) is 5.32 Å². The molecule has 185 valence electrons. The van der Waals surface area contributed by atoms with Crippen LogP contribution in [0, 0.1) is 12.3 Å². The van der Waals surface area contributed by atoms with Crippen LogP contribution in [0.15, 0.2) is 48.5 Å². The zero-order valence-electron chi connectivity index (χ0n) is 19.9. The normalized spacial score (nSPS) is 14.5. The number of para-hydroxylation sites is 1. The molecule has 1 unspecified atom stereocenters. The van der Waals surface area contributed by atoms with Gasteiger partial charge in [-0.3, -0.25) is 9.59 Å². The third-order valence-corrected chi connectivity index (χ3v) is 5.78. The van der Waals surface area contributed by atoms with Crippen molar-refractivity contribution in [2.24, 2.45) is 11.7 Å². The van der Waals surface area contributed by atoms with E-state index in [-0.39, 0.29) is 31.7 Å². The van der Waals surface area contributed by atoms with Crippen molar-refractivity contribution in [3.8, 4) is 11.5 Å². The summed E-state index contributed by atoms with van der Waals surface area (Å²) < 4.78 is 25.1. The third kappa shape index (κ3) is 8.02. The fourth-order valence-electron chi connectivity index (χ4n) is 3.62. The molecule has 2 amide bonds. The number of amides is 2. The molecule has 0 aliphatic carbocycles. The standard InChI is InChI=1S/C26H34FN2O5/c1-26(27,25(28)32)15-14-19(16-21(30)13-12-18-8-5-4-6-9-18)24(31)29-17-20-10-7-11-22(33-2)23(20)34-3/h4-11,13,19,21,30H,12,14-17H2,1-3H3,(H2,28,32)(H,29,31)/t19-,21+,26?/m1/s1. The molecule has 34 heavy (non-hydrogen) atoms. The van der Waals surface area contributed by atoms with E-state index in [2.05, 4.69) is 5.32 Å². The first kappa shape index (κ1) is 27.1. The molecule has 0 heterocycles. The molecule has 0 aliphatic rings. The Morgan fingerprint density at radius 3 is 2.47 bits per heavy atom. The van der Waals surface area contributed by atoms with E-state index in [9.17, 15) is 19.1 Å². The first-order chi connectivity index (χ1) is 16.2. The number of halogens is 1. The zero-order valence-corrected chi connectivity index (χ0v) is 19.9. The van der Waals surface area contributed by atoms with E-state index in [0.29, 0.717) is 23.5 Å². The number of carbonyl (C=O) groups is 2. The lowest BCUT2D eigenvalue weighted by molar-refractivity contribution is -0.131. The van der Waals surface area contributed by atoms with Crippen molar-refractivity contribution in [3.63, 3.8) is 0 Å². The number of hydrogen-bond donors (Lipinski definition) is 3. The first-order valence-electron chi connectivity index (χ1n) is 11.2. The molecule has 2 aromatic carbocycles. The highest BCUT2D eigenvalue weighted by Crippen LogP contribution is 2.31. The van der Waals surface area contributed by atoms with Crippen LogP contribution in [0.4, 0.5) is 4.39 Å². The summed E-state index contributed by atoms with van der Waals surface area (Å²) >= 11 is 0. The van der Waals surface area contributed by atoms with E-state index in [0.717, 1.165) is 12.5 Å². The minimum Gasteiger partial charge on any atom is -0.493 e. The predicted octanol–water partition coefficient (Wildman–Crippen LogP) is 3.13. The van der Waals surface area contributed by atoms with Gasteiger partial charge in [0.05, 0.1) is 20.3 Å². The number of aliphatic hydroxyl groups is 1. The minimum atomic E-state index is -2.24. The number of aliphatic hydroxyl groups excluding tert-OH is 1. The fraction of sp³-hybridized carbons (Fsp3) is 0.423. The van der Waals surface area contributed by atoms with E-state index in [1.54, 1.807) is 24.6 Å². The Morgan fingerprint density at radius 2 is 1.85 bits per heavy atom. The maximum Gasteiger partial charge on any atom is 0.254 e. The van der Waals surface area contributed by atoms with E-state index in [1.807, 2.05) is 30.3 Å². The fourth-order valence-corrected chi connectivity index (χ4v) is 3.62. The molecule has 0 aromatic heterocycles. The van der Waals surface area contributed by atoms with Gasteiger partial charge in [-0.05, 0) is 50.7 Å². The van der Waals surface area contributed by atoms with Gasteiger partial charge >= 0.3 is 0 Å². The van der Waals surface area contributed by atoms with Crippen molar-refractivity contribution < 1.29 is 28.6 Å². The number of carbonyl (C=O) groups excluding carboxylic acids is 2. The molecule has 2 aromatic rings. The number of ether oxygens (including phenoxy) is 2. The van der Waals surface area contributed by atoms with E-state index < -0.39 is 23.6 Å². The van der Waals surface area contributed by atoms with Crippen LogP contribution in [0.25, 0.3) is 0 Å². The average molecular weight is 474 g/mol. The van der Waals surface area contributed by atoms with Crippen LogP contribution in [0.5, 0.6) is 11.5 Å². The number of hydrogen-bond acceptors (Lipinski definition) is 5. The molecule has 0 aliphatic heterocycles. The highest BCUT2D eigenvalue weighted by atomic mass is 19.1. The number of nitrogens with one attached hydrogen (secondary N) is 1. The summed E-state index contributed by atoms with van der Waals surface area (Å²) in [7, 11) is 3.03. The Balaban J connectivity index is 2.06. The largest absolute Gasteiger partial charge is 0.493 e. The van der Waals surface area contributed by atoms with Crippen LogP contribution in [-0.4, -0.2) is 42.9 Å². The van der Waals surface area contributed by atoms with Crippen LogP contribution in [0.3, 0.4) is 0 Å². The van der Waals surface area contributed by atoms with Gasteiger partial charge in [0.1, 0.15) is 0 Å². The summed E-state index contributed by atoms with van der Waals surface area (Å²) in [6.07, 6.45) is 1.26. The van der Waals surface area contributed by atoms with Gasteiger partial charge in [0.25, 0.3) is 5.91 Å². The summed E-state index contributed by atoms with van der Waals surface area (Å²) in [6.45, 7) is 1.26. The Hall–Kier alpha value is -3.13. The molecule has 0 saturated heterocycles. The van der Waals surface area contributed by atoms with Crippen molar-refractivity contribution >= 4 is 11.8 Å². The molecule has 0 saturated carbocycles. The number of rotatable bonds is 14. The van der Waals surface area contributed by atoms with Crippen LogP contribution >= 0.6 is 0 Å². The lowest BCUT2D eigenvalue weighted by Gasteiger charge is -2.23. The third-order valence-electron chi connectivity index (χ3n) is 5.78. The Bertz CT molecular complexity index is 936. The average Bonchev–Trinajstić information content (AvgIpc) is 2.83. The molecular weight excluding hydrogens is 439 g/mol. The molecule has 0 bridgehead atoms. The van der Waals surface area contributed by atoms with Crippen molar-refractivity contribution in [2.45, 2.75) is 50.9 Å². The Kier molecular flexibility index (Phi) is 10.3. The second-order valence-corrected chi connectivity index (χ2v) is 8.40.